The summed E-state index contributed by atoms with van der Waals surface area (Å²) in [6, 6.07) is 4.81. The molecule has 1 atom stereocenters. The van der Waals surface area contributed by atoms with Crippen molar-refractivity contribution in [2.24, 2.45) is 0 Å². The average Bonchev–Trinajstić information content (AvgIpc) is 3.47. The van der Waals surface area contributed by atoms with Crippen LogP contribution in [0.25, 0.3) is 0 Å². The molecule has 0 spiro atoms. The third-order valence-electron chi connectivity index (χ3n) is 7.50. The van der Waals surface area contributed by atoms with E-state index in [4.69, 9.17) is 18.9 Å². The number of furan rings is 1. The number of piperazine rings is 1. The second-order valence-electron chi connectivity index (χ2n) is 9.59. The highest BCUT2D eigenvalue weighted by atomic mass is 16.5. The Morgan fingerprint density at radius 1 is 1.22 bits per heavy atom. The molecule has 1 saturated carbocycles. The van der Waals surface area contributed by atoms with Crippen LogP contribution in [0.2, 0.25) is 0 Å². The second-order valence-corrected chi connectivity index (χ2v) is 9.59. The highest BCUT2D eigenvalue weighted by Gasteiger charge is 2.39. The highest BCUT2D eigenvalue weighted by Crippen LogP contribution is 2.39. The maximum absolute atomic E-state index is 13.1. The van der Waals surface area contributed by atoms with Crippen LogP contribution in [0.15, 0.2) is 22.8 Å². The number of aromatic nitrogens is 1. The van der Waals surface area contributed by atoms with Crippen molar-refractivity contribution in [3.05, 3.63) is 46.5 Å². The van der Waals surface area contributed by atoms with Gasteiger partial charge in [0.05, 0.1) is 43.9 Å². The van der Waals surface area contributed by atoms with Gasteiger partial charge in [-0.15, -0.1) is 0 Å². The first-order valence-electron chi connectivity index (χ1n) is 12.9. The fourth-order valence-corrected chi connectivity index (χ4v) is 5.72. The second kappa shape index (κ2) is 10.7. The molecule has 0 aromatic carbocycles. The summed E-state index contributed by atoms with van der Waals surface area (Å²) in [6.07, 6.45) is 7.88. The zero-order valence-corrected chi connectivity index (χ0v) is 20.7. The molecule has 1 unspecified atom stereocenters. The SMILES string of the molecule is CCOC(=O)C1CN(c2nc(C3CCCCC3)c3c(c2C#N)CCOC3)CCN1C(=O)c1ccco1. The number of anilines is 1. The van der Waals surface area contributed by atoms with E-state index in [9.17, 15) is 14.9 Å². The Labute approximate surface area is 211 Å². The molecule has 3 aliphatic rings. The molecule has 36 heavy (non-hydrogen) atoms. The van der Waals surface area contributed by atoms with E-state index < -0.39 is 12.0 Å². The van der Waals surface area contributed by atoms with Crippen molar-refractivity contribution in [2.45, 2.75) is 64.0 Å². The largest absolute Gasteiger partial charge is 0.464 e. The summed E-state index contributed by atoms with van der Waals surface area (Å²) in [5.41, 5.74) is 3.69. The van der Waals surface area contributed by atoms with Crippen LogP contribution in [0, 0.1) is 11.3 Å². The number of nitriles is 1. The third kappa shape index (κ3) is 4.58. The predicted molar refractivity (Wildman–Crippen MR) is 131 cm³/mol. The minimum Gasteiger partial charge on any atom is -0.464 e. The van der Waals surface area contributed by atoms with Crippen molar-refractivity contribution in [3.8, 4) is 6.07 Å². The van der Waals surface area contributed by atoms with Crippen LogP contribution >= 0.6 is 0 Å². The van der Waals surface area contributed by atoms with Crippen LogP contribution in [0.1, 0.15) is 77.9 Å². The van der Waals surface area contributed by atoms with Gasteiger partial charge in [-0.05, 0) is 43.9 Å². The Morgan fingerprint density at radius 2 is 2.06 bits per heavy atom. The fourth-order valence-electron chi connectivity index (χ4n) is 5.72. The van der Waals surface area contributed by atoms with Gasteiger partial charge in [-0.1, -0.05) is 19.3 Å². The molecule has 2 aromatic heterocycles. The molecular weight excluding hydrogens is 460 g/mol. The van der Waals surface area contributed by atoms with Gasteiger partial charge in [-0.25, -0.2) is 9.78 Å². The Balaban J connectivity index is 1.52. The lowest BCUT2D eigenvalue weighted by molar-refractivity contribution is -0.148. The number of carbonyl (C=O) groups is 2. The first-order valence-corrected chi connectivity index (χ1v) is 12.9. The minimum atomic E-state index is -0.831. The highest BCUT2D eigenvalue weighted by molar-refractivity contribution is 5.95. The zero-order valence-electron chi connectivity index (χ0n) is 20.7. The summed E-state index contributed by atoms with van der Waals surface area (Å²) in [5, 5.41) is 10.2. The standard InChI is InChI=1S/C27H32N4O5/c1-2-35-27(33)22-16-30(11-12-31(22)26(32)23-9-6-13-36-23)25-20(15-28)19-10-14-34-17-21(19)24(29-25)18-7-4-3-5-8-18/h6,9,13,18,22H,2-5,7-8,10-12,14,16-17H2,1H3. The number of rotatable bonds is 5. The number of amides is 1. The van der Waals surface area contributed by atoms with Gasteiger partial charge in [0.1, 0.15) is 17.9 Å². The number of pyridine rings is 1. The van der Waals surface area contributed by atoms with E-state index in [0.29, 0.717) is 43.5 Å². The lowest BCUT2D eigenvalue weighted by Crippen LogP contribution is -2.59. The van der Waals surface area contributed by atoms with Gasteiger partial charge in [-0.3, -0.25) is 4.79 Å². The van der Waals surface area contributed by atoms with Crippen LogP contribution in [0.4, 0.5) is 5.82 Å². The summed E-state index contributed by atoms with van der Waals surface area (Å²) in [4.78, 5) is 34.7. The first kappa shape index (κ1) is 24.3. The summed E-state index contributed by atoms with van der Waals surface area (Å²) in [6.45, 7) is 3.95. The maximum Gasteiger partial charge on any atom is 0.330 e. The summed E-state index contributed by atoms with van der Waals surface area (Å²) in [5.74, 6) is 0.319. The van der Waals surface area contributed by atoms with E-state index in [1.807, 2.05) is 4.90 Å². The summed E-state index contributed by atoms with van der Waals surface area (Å²) in [7, 11) is 0. The third-order valence-corrected chi connectivity index (χ3v) is 7.50. The fraction of sp³-hybridized carbons (Fsp3) is 0.556. The molecule has 0 radical (unpaired) electrons. The molecule has 2 aromatic rings. The van der Waals surface area contributed by atoms with Gasteiger partial charge in [0.2, 0.25) is 0 Å². The smallest absolute Gasteiger partial charge is 0.330 e. The van der Waals surface area contributed by atoms with E-state index in [-0.39, 0.29) is 31.4 Å². The van der Waals surface area contributed by atoms with Crippen molar-refractivity contribution in [3.63, 3.8) is 0 Å². The molecule has 9 nitrogen and oxygen atoms in total. The quantitative estimate of drug-likeness (QED) is 0.583. The first-order chi connectivity index (χ1) is 17.6. The van der Waals surface area contributed by atoms with Crippen LogP contribution < -0.4 is 4.90 Å². The van der Waals surface area contributed by atoms with E-state index in [0.717, 1.165) is 29.7 Å². The Hall–Kier alpha value is -3.38. The number of hydrogen-bond donors (Lipinski definition) is 0. The lowest BCUT2D eigenvalue weighted by atomic mass is 9.82. The Morgan fingerprint density at radius 3 is 2.78 bits per heavy atom. The molecule has 5 rings (SSSR count). The topological polar surface area (TPSA) is 109 Å². The number of ether oxygens (including phenoxy) is 2. The van der Waals surface area contributed by atoms with Crippen molar-refractivity contribution >= 4 is 17.7 Å². The number of esters is 1. The van der Waals surface area contributed by atoms with Gasteiger partial charge >= 0.3 is 5.97 Å². The van der Waals surface area contributed by atoms with Crippen LogP contribution in [0.5, 0.6) is 0 Å². The van der Waals surface area contributed by atoms with Gasteiger partial charge < -0.3 is 23.7 Å². The number of fused-ring (bicyclic) bond motifs is 1. The predicted octanol–water partition coefficient (Wildman–Crippen LogP) is 3.56. The summed E-state index contributed by atoms with van der Waals surface area (Å²) >= 11 is 0. The molecule has 1 amide bonds. The monoisotopic (exact) mass is 492 g/mol. The molecule has 2 fully saturated rings. The van der Waals surface area contributed by atoms with Crippen molar-refractivity contribution in [2.75, 3.05) is 37.7 Å². The number of nitrogens with zero attached hydrogens (tertiary/aromatic N) is 4. The molecule has 9 heteroatoms. The Bertz CT molecular complexity index is 1150. The normalized spacial score (nSPS) is 20.5. The van der Waals surface area contributed by atoms with Gasteiger partial charge in [0.25, 0.3) is 5.91 Å². The number of hydrogen-bond acceptors (Lipinski definition) is 8. The molecular formula is C27H32N4O5. The summed E-state index contributed by atoms with van der Waals surface area (Å²) < 4.78 is 16.4. The van der Waals surface area contributed by atoms with E-state index >= 15 is 0 Å². The molecule has 1 aliphatic carbocycles. The van der Waals surface area contributed by atoms with Gasteiger partial charge in [-0.2, -0.15) is 5.26 Å². The van der Waals surface area contributed by atoms with E-state index in [1.54, 1.807) is 19.1 Å². The Kier molecular flexibility index (Phi) is 7.23. The van der Waals surface area contributed by atoms with Gasteiger partial charge in [0, 0.05) is 24.6 Å². The van der Waals surface area contributed by atoms with Crippen molar-refractivity contribution < 1.29 is 23.5 Å². The van der Waals surface area contributed by atoms with E-state index in [1.165, 1.54) is 30.4 Å². The molecule has 190 valence electrons. The molecule has 2 aliphatic heterocycles. The average molecular weight is 493 g/mol. The molecule has 4 heterocycles. The van der Waals surface area contributed by atoms with Crippen LogP contribution in [0.3, 0.4) is 0 Å². The van der Waals surface area contributed by atoms with Crippen molar-refractivity contribution in [1.29, 1.82) is 5.26 Å². The molecule has 0 bridgehead atoms. The zero-order chi connectivity index (χ0) is 25.1. The molecule has 0 N–H and O–H groups in total. The van der Waals surface area contributed by atoms with Gasteiger partial charge in [0.15, 0.2) is 5.76 Å². The molecule has 1 saturated heterocycles. The number of carbonyl (C=O) groups excluding carboxylic acids is 2. The van der Waals surface area contributed by atoms with E-state index in [2.05, 4.69) is 6.07 Å². The van der Waals surface area contributed by atoms with Crippen molar-refractivity contribution in [1.82, 2.24) is 9.88 Å². The lowest BCUT2D eigenvalue weighted by Gasteiger charge is -2.41. The van der Waals surface area contributed by atoms with Crippen LogP contribution in [-0.2, 0) is 27.3 Å². The minimum absolute atomic E-state index is 0.182. The van der Waals surface area contributed by atoms with Crippen LogP contribution in [-0.4, -0.2) is 60.7 Å². The maximum atomic E-state index is 13.1.